The second kappa shape index (κ2) is 4.10. The van der Waals surface area contributed by atoms with E-state index in [1.165, 1.54) is 24.3 Å². The maximum atomic E-state index is 13.2. The predicted octanol–water partition coefficient (Wildman–Crippen LogP) is 3.87. The third-order valence-corrected chi connectivity index (χ3v) is 2.41. The summed E-state index contributed by atoms with van der Waals surface area (Å²) >= 11 is 5.71. The van der Waals surface area contributed by atoms with Crippen molar-refractivity contribution in [2.45, 2.75) is 0 Å². The van der Waals surface area contributed by atoms with Gasteiger partial charge in [-0.15, -0.1) is 0 Å². The van der Waals surface area contributed by atoms with Crippen molar-refractivity contribution in [2.24, 2.45) is 0 Å². The Labute approximate surface area is 96.5 Å². The molecule has 0 saturated heterocycles. The Kier molecular flexibility index (Phi) is 2.79. The molecule has 0 radical (unpaired) electrons. The molecule has 0 aliphatic heterocycles. The molecule has 1 nitrogen and oxygen atoms in total. The molecule has 0 aromatic heterocycles. The Morgan fingerprint density at radius 1 is 0.938 bits per heavy atom. The molecule has 0 bridgehead atoms. The summed E-state index contributed by atoms with van der Waals surface area (Å²) < 4.78 is 26.3. The fourth-order valence-corrected chi connectivity index (χ4v) is 1.65. The zero-order chi connectivity index (χ0) is 11.7. The van der Waals surface area contributed by atoms with Gasteiger partial charge in [0.2, 0.25) is 0 Å². The minimum Gasteiger partial charge on any atom is -0.396 e. The van der Waals surface area contributed by atoms with Gasteiger partial charge in [-0.25, -0.2) is 8.78 Å². The van der Waals surface area contributed by atoms with Gasteiger partial charge in [0.1, 0.15) is 11.6 Å². The van der Waals surface area contributed by atoms with E-state index in [9.17, 15) is 8.78 Å². The molecule has 16 heavy (non-hydrogen) atoms. The van der Waals surface area contributed by atoms with E-state index < -0.39 is 11.6 Å². The standard InChI is InChI=1S/C12H8ClF2N/c13-9-3-8(4-10(14)6-9)7-1-2-12(16)11(15)5-7/h1-6H,16H2. The van der Waals surface area contributed by atoms with Crippen LogP contribution in [0.5, 0.6) is 0 Å². The third kappa shape index (κ3) is 2.14. The molecule has 82 valence electrons. The lowest BCUT2D eigenvalue weighted by molar-refractivity contribution is 0.627. The molecule has 0 atom stereocenters. The second-order valence-electron chi connectivity index (χ2n) is 3.39. The molecule has 2 N–H and O–H groups in total. The molecule has 4 heteroatoms. The topological polar surface area (TPSA) is 26.0 Å². The minimum absolute atomic E-state index is 0.0613. The summed E-state index contributed by atoms with van der Waals surface area (Å²) in [5, 5.41) is 0.271. The molecule has 2 rings (SSSR count). The molecular weight excluding hydrogens is 232 g/mol. The zero-order valence-electron chi connectivity index (χ0n) is 8.18. The van der Waals surface area contributed by atoms with Gasteiger partial charge in [-0.05, 0) is 41.5 Å². The SMILES string of the molecule is Nc1ccc(-c2cc(F)cc(Cl)c2)cc1F. The first-order valence-corrected chi connectivity index (χ1v) is 4.95. The maximum Gasteiger partial charge on any atom is 0.146 e. The van der Waals surface area contributed by atoms with Crippen LogP contribution >= 0.6 is 11.6 Å². The lowest BCUT2D eigenvalue weighted by Gasteiger charge is -2.04. The predicted molar refractivity (Wildman–Crippen MR) is 61.2 cm³/mol. The average molecular weight is 240 g/mol. The van der Waals surface area contributed by atoms with E-state index in [4.69, 9.17) is 17.3 Å². The molecular formula is C12H8ClF2N. The Morgan fingerprint density at radius 2 is 1.69 bits per heavy atom. The highest BCUT2D eigenvalue weighted by Gasteiger charge is 2.05. The van der Waals surface area contributed by atoms with Crippen LogP contribution in [-0.4, -0.2) is 0 Å². The Balaban J connectivity index is 2.54. The highest BCUT2D eigenvalue weighted by molar-refractivity contribution is 6.30. The van der Waals surface area contributed by atoms with Crippen molar-refractivity contribution in [1.82, 2.24) is 0 Å². The number of nitrogens with two attached hydrogens (primary N) is 1. The summed E-state index contributed by atoms with van der Waals surface area (Å²) in [5.41, 5.74) is 6.47. The van der Waals surface area contributed by atoms with E-state index in [2.05, 4.69) is 0 Å². The van der Waals surface area contributed by atoms with Crippen molar-refractivity contribution in [3.8, 4) is 11.1 Å². The van der Waals surface area contributed by atoms with Crippen molar-refractivity contribution in [2.75, 3.05) is 5.73 Å². The summed E-state index contributed by atoms with van der Waals surface area (Å²) in [4.78, 5) is 0. The van der Waals surface area contributed by atoms with Gasteiger partial charge >= 0.3 is 0 Å². The number of hydrogen-bond donors (Lipinski definition) is 1. The lowest BCUT2D eigenvalue weighted by Crippen LogP contribution is -1.90. The quantitative estimate of drug-likeness (QED) is 0.751. The summed E-state index contributed by atoms with van der Waals surface area (Å²) in [6.07, 6.45) is 0. The van der Waals surface area contributed by atoms with E-state index in [1.54, 1.807) is 12.1 Å². The van der Waals surface area contributed by atoms with Crippen molar-refractivity contribution >= 4 is 17.3 Å². The molecule has 0 aliphatic rings. The van der Waals surface area contributed by atoms with Crippen LogP contribution < -0.4 is 5.73 Å². The van der Waals surface area contributed by atoms with Gasteiger partial charge in [-0.1, -0.05) is 17.7 Å². The van der Waals surface area contributed by atoms with Crippen molar-refractivity contribution < 1.29 is 8.78 Å². The summed E-state index contributed by atoms with van der Waals surface area (Å²) in [7, 11) is 0. The molecule has 0 fully saturated rings. The van der Waals surface area contributed by atoms with Crippen LogP contribution in [0.3, 0.4) is 0 Å². The maximum absolute atomic E-state index is 13.2. The Hall–Kier alpha value is -1.61. The van der Waals surface area contributed by atoms with Gasteiger partial charge in [0, 0.05) is 5.02 Å². The fourth-order valence-electron chi connectivity index (χ4n) is 1.43. The Bertz CT molecular complexity index is 520. The minimum atomic E-state index is -0.530. The van der Waals surface area contributed by atoms with Gasteiger partial charge < -0.3 is 5.73 Å². The van der Waals surface area contributed by atoms with E-state index in [0.29, 0.717) is 11.1 Å². The van der Waals surface area contributed by atoms with Gasteiger partial charge in [0.05, 0.1) is 5.69 Å². The monoisotopic (exact) mass is 239 g/mol. The molecule has 2 aromatic rings. The van der Waals surface area contributed by atoms with Gasteiger partial charge in [-0.3, -0.25) is 0 Å². The van der Waals surface area contributed by atoms with Crippen LogP contribution in [0.4, 0.5) is 14.5 Å². The number of hydrogen-bond acceptors (Lipinski definition) is 1. The normalized spacial score (nSPS) is 10.4. The summed E-state index contributed by atoms with van der Waals surface area (Å²) in [6, 6.07) is 8.35. The van der Waals surface area contributed by atoms with Crippen LogP contribution in [0.15, 0.2) is 36.4 Å². The molecule has 0 saturated carbocycles. The molecule has 0 aliphatic carbocycles. The molecule has 0 heterocycles. The molecule has 0 amide bonds. The van der Waals surface area contributed by atoms with Gasteiger partial charge in [0.25, 0.3) is 0 Å². The second-order valence-corrected chi connectivity index (χ2v) is 3.83. The largest absolute Gasteiger partial charge is 0.396 e. The van der Waals surface area contributed by atoms with Crippen molar-refractivity contribution in [3.63, 3.8) is 0 Å². The average Bonchev–Trinajstić information content (AvgIpc) is 2.20. The number of benzene rings is 2. The van der Waals surface area contributed by atoms with E-state index >= 15 is 0 Å². The van der Waals surface area contributed by atoms with Crippen molar-refractivity contribution in [3.05, 3.63) is 53.1 Å². The summed E-state index contributed by atoms with van der Waals surface area (Å²) in [5.74, 6) is -0.988. The zero-order valence-corrected chi connectivity index (χ0v) is 8.93. The van der Waals surface area contributed by atoms with E-state index in [1.807, 2.05) is 0 Å². The lowest BCUT2D eigenvalue weighted by atomic mass is 10.1. The molecule has 2 aromatic carbocycles. The molecule has 0 unspecified atom stereocenters. The van der Waals surface area contributed by atoms with Gasteiger partial charge in [-0.2, -0.15) is 0 Å². The number of nitrogen functional groups attached to an aromatic ring is 1. The smallest absolute Gasteiger partial charge is 0.146 e. The first-order chi connectivity index (χ1) is 7.56. The first kappa shape index (κ1) is 10.9. The van der Waals surface area contributed by atoms with Crippen LogP contribution in [0.2, 0.25) is 5.02 Å². The number of anilines is 1. The highest BCUT2D eigenvalue weighted by Crippen LogP contribution is 2.26. The van der Waals surface area contributed by atoms with Crippen molar-refractivity contribution in [1.29, 1.82) is 0 Å². The Morgan fingerprint density at radius 3 is 2.31 bits per heavy atom. The number of halogens is 3. The van der Waals surface area contributed by atoms with Crippen LogP contribution in [0.25, 0.3) is 11.1 Å². The van der Waals surface area contributed by atoms with Crippen LogP contribution in [-0.2, 0) is 0 Å². The van der Waals surface area contributed by atoms with Gasteiger partial charge in [0.15, 0.2) is 0 Å². The number of rotatable bonds is 1. The fraction of sp³-hybridized carbons (Fsp3) is 0. The van der Waals surface area contributed by atoms with E-state index in [0.717, 1.165) is 0 Å². The first-order valence-electron chi connectivity index (χ1n) is 4.58. The summed E-state index contributed by atoms with van der Waals surface area (Å²) in [6.45, 7) is 0. The van der Waals surface area contributed by atoms with Crippen LogP contribution in [0.1, 0.15) is 0 Å². The van der Waals surface area contributed by atoms with Crippen LogP contribution in [0, 0.1) is 11.6 Å². The third-order valence-electron chi connectivity index (χ3n) is 2.20. The molecule has 0 spiro atoms. The van der Waals surface area contributed by atoms with E-state index in [-0.39, 0.29) is 10.7 Å². The highest BCUT2D eigenvalue weighted by atomic mass is 35.5.